The highest BCUT2D eigenvalue weighted by atomic mass is 32.2. The van der Waals surface area contributed by atoms with Gasteiger partial charge in [-0.15, -0.1) is 11.3 Å². The third kappa shape index (κ3) is 3.16. The molecule has 0 amide bonds. The molecular weight excluding hydrogens is 340 g/mol. The molecule has 0 fully saturated rings. The van der Waals surface area contributed by atoms with Crippen molar-refractivity contribution in [3.63, 3.8) is 0 Å². The van der Waals surface area contributed by atoms with E-state index in [0.29, 0.717) is 20.9 Å². The van der Waals surface area contributed by atoms with E-state index in [1.165, 1.54) is 33.2 Å². The molecule has 0 bridgehead atoms. The van der Waals surface area contributed by atoms with Crippen LogP contribution < -0.4 is 5.56 Å². The summed E-state index contributed by atoms with van der Waals surface area (Å²) in [7, 11) is 1.70. The molecule has 0 saturated carbocycles. The number of hydrogen-bond acceptors (Lipinski definition) is 5. The number of hydrogen-bond donors (Lipinski definition) is 0. The Bertz CT molecular complexity index is 942. The maximum absolute atomic E-state index is 12.6. The van der Waals surface area contributed by atoms with Crippen LogP contribution in [0.4, 0.5) is 0 Å². The topological polar surface area (TPSA) is 52.0 Å². The van der Waals surface area contributed by atoms with Crippen molar-refractivity contribution >= 4 is 39.1 Å². The molecule has 0 aliphatic heterocycles. The lowest BCUT2D eigenvalue weighted by Crippen LogP contribution is -2.21. The van der Waals surface area contributed by atoms with Crippen molar-refractivity contribution in [3.8, 4) is 0 Å². The van der Waals surface area contributed by atoms with E-state index in [2.05, 4.69) is 11.9 Å². The SMILES string of the molecule is CCc1ccc(C(=O)C(C)Sc2nc3sccc3c(=O)n2C)cc1. The summed E-state index contributed by atoms with van der Waals surface area (Å²) in [6.07, 6.45) is 0.950. The van der Waals surface area contributed by atoms with Crippen molar-refractivity contribution < 1.29 is 4.79 Å². The zero-order valence-electron chi connectivity index (χ0n) is 13.8. The Kier molecular flexibility index (Phi) is 4.87. The molecule has 2 aromatic heterocycles. The fourth-order valence-electron chi connectivity index (χ4n) is 2.44. The lowest BCUT2D eigenvalue weighted by atomic mass is 10.1. The largest absolute Gasteiger partial charge is 0.293 e. The average Bonchev–Trinajstić information content (AvgIpc) is 3.07. The number of thioether (sulfide) groups is 1. The zero-order chi connectivity index (χ0) is 17.3. The molecule has 0 aliphatic carbocycles. The number of benzene rings is 1. The van der Waals surface area contributed by atoms with Gasteiger partial charge < -0.3 is 0 Å². The molecule has 1 aromatic carbocycles. The molecule has 3 aromatic rings. The van der Waals surface area contributed by atoms with Crippen LogP contribution in [0.2, 0.25) is 0 Å². The summed E-state index contributed by atoms with van der Waals surface area (Å²) in [6.45, 7) is 3.94. The van der Waals surface area contributed by atoms with Gasteiger partial charge in [-0.25, -0.2) is 4.98 Å². The smallest absolute Gasteiger partial charge is 0.262 e. The number of nitrogens with zero attached hydrogens (tertiary/aromatic N) is 2. The summed E-state index contributed by atoms with van der Waals surface area (Å²) in [4.78, 5) is 30.2. The van der Waals surface area contributed by atoms with Gasteiger partial charge in [-0.3, -0.25) is 14.2 Å². The summed E-state index contributed by atoms with van der Waals surface area (Å²) in [5.74, 6) is 0.0446. The van der Waals surface area contributed by atoms with Gasteiger partial charge in [0, 0.05) is 12.6 Å². The van der Waals surface area contributed by atoms with Gasteiger partial charge in [0.1, 0.15) is 4.83 Å². The summed E-state index contributed by atoms with van der Waals surface area (Å²) < 4.78 is 1.52. The van der Waals surface area contributed by atoms with E-state index in [0.717, 1.165) is 6.42 Å². The van der Waals surface area contributed by atoms with E-state index >= 15 is 0 Å². The average molecular weight is 358 g/mol. The van der Waals surface area contributed by atoms with Crippen LogP contribution in [0.25, 0.3) is 10.2 Å². The molecule has 4 nitrogen and oxygen atoms in total. The van der Waals surface area contributed by atoms with Crippen molar-refractivity contribution in [2.45, 2.75) is 30.7 Å². The standard InChI is InChI=1S/C18H18N2O2S2/c1-4-12-5-7-13(8-6-12)15(21)11(2)24-18-19-16-14(9-10-23-16)17(22)20(18)3/h5-11H,4H2,1-3H3. The first kappa shape index (κ1) is 16.9. The third-order valence-electron chi connectivity index (χ3n) is 3.96. The lowest BCUT2D eigenvalue weighted by Gasteiger charge is -2.12. The maximum atomic E-state index is 12.6. The molecule has 3 rings (SSSR count). The molecule has 0 spiro atoms. The molecular formula is C18H18N2O2S2. The Morgan fingerprint density at radius 1 is 1.29 bits per heavy atom. The van der Waals surface area contributed by atoms with Crippen molar-refractivity contribution in [3.05, 3.63) is 57.2 Å². The fourth-order valence-corrected chi connectivity index (χ4v) is 4.19. The minimum Gasteiger partial charge on any atom is -0.293 e. The molecule has 24 heavy (non-hydrogen) atoms. The van der Waals surface area contributed by atoms with Gasteiger partial charge in [0.05, 0.1) is 10.6 Å². The Labute approximate surface area is 148 Å². The number of aromatic nitrogens is 2. The lowest BCUT2D eigenvalue weighted by molar-refractivity contribution is 0.0994. The maximum Gasteiger partial charge on any atom is 0.262 e. The van der Waals surface area contributed by atoms with Crippen molar-refractivity contribution in [2.75, 3.05) is 0 Å². The fraction of sp³-hybridized carbons (Fsp3) is 0.278. The number of fused-ring (bicyclic) bond motifs is 1. The van der Waals surface area contributed by atoms with Gasteiger partial charge in [0.25, 0.3) is 5.56 Å². The van der Waals surface area contributed by atoms with Crippen LogP contribution in [-0.2, 0) is 13.5 Å². The summed E-state index contributed by atoms with van der Waals surface area (Å²) in [6, 6.07) is 9.49. The second kappa shape index (κ2) is 6.91. The predicted molar refractivity (Wildman–Crippen MR) is 100 cm³/mol. The predicted octanol–water partition coefficient (Wildman–Crippen LogP) is 3.92. The molecule has 0 radical (unpaired) electrons. The summed E-state index contributed by atoms with van der Waals surface area (Å²) in [5, 5.41) is 2.74. The van der Waals surface area contributed by atoms with Crippen LogP contribution in [0.15, 0.2) is 45.7 Å². The van der Waals surface area contributed by atoms with Crippen molar-refractivity contribution in [1.82, 2.24) is 9.55 Å². The molecule has 0 aliphatic rings. The molecule has 2 heterocycles. The van der Waals surface area contributed by atoms with E-state index in [-0.39, 0.29) is 16.6 Å². The van der Waals surface area contributed by atoms with Crippen molar-refractivity contribution in [2.24, 2.45) is 7.05 Å². The second-order valence-electron chi connectivity index (χ2n) is 5.57. The molecule has 124 valence electrons. The normalized spacial score (nSPS) is 12.5. The molecule has 0 N–H and O–H groups in total. The number of rotatable bonds is 5. The van der Waals surface area contributed by atoms with Crippen LogP contribution in [0, 0.1) is 0 Å². The highest BCUT2D eigenvalue weighted by Gasteiger charge is 2.19. The zero-order valence-corrected chi connectivity index (χ0v) is 15.4. The van der Waals surface area contributed by atoms with Crippen LogP contribution in [-0.4, -0.2) is 20.6 Å². The molecule has 0 saturated heterocycles. The Hall–Kier alpha value is -1.92. The first-order valence-electron chi connectivity index (χ1n) is 7.75. The molecule has 1 atom stereocenters. The number of ketones is 1. The number of carbonyl (C=O) groups is 1. The van der Waals surface area contributed by atoms with Crippen LogP contribution in [0.1, 0.15) is 29.8 Å². The Morgan fingerprint density at radius 3 is 2.67 bits per heavy atom. The third-order valence-corrected chi connectivity index (χ3v) is 5.91. The summed E-state index contributed by atoms with van der Waals surface area (Å²) >= 11 is 2.76. The number of aryl methyl sites for hydroxylation is 1. The van der Waals surface area contributed by atoms with Gasteiger partial charge >= 0.3 is 0 Å². The van der Waals surface area contributed by atoms with E-state index in [1.807, 2.05) is 36.6 Å². The highest BCUT2D eigenvalue weighted by Crippen LogP contribution is 2.26. The first-order chi connectivity index (χ1) is 11.5. The van der Waals surface area contributed by atoms with Crippen LogP contribution in [0.3, 0.4) is 0 Å². The Morgan fingerprint density at radius 2 is 2.00 bits per heavy atom. The van der Waals surface area contributed by atoms with Crippen LogP contribution in [0.5, 0.6) is 0 Å². The molecule has 6 heteroatoms. The minimum atomic E-state index is -0.312. The van der Waals surface area contributed by atoms with E-state index in [1.54, 1.807) is 13.1 Å². The van der Waals surface area contributed by atoms with E-state index < -0.39 is 0 Å². The number of carbonyl (C=O) groups excluding carboxylic acids is 1. The summed E-state index contributed by atoms with van der Waals surface area (Å²) in [5.41, 5.74) is 1.82. The van der Waals surface area contributed by atoms with Gasteiger partial charge in [-0.05, 0) is 30.4 Å². The number of thiophene rings is 1. The number of Topliss-reactive ketones (excluding diaryl/α,β-unsaturated/α-hetero) is 1. The van der Waals surface area contributed by atoms with E-state index in [4.69, 9.17) is 0 Å². The van der Waals surface area contributed by atoms with Gasteiger partial charge in [-0.1, -0.05) is 43.0 Å². The van der Waals surface area contributed by atoms with Gasteiger partial charge in [0.2, 0.25) is 0 Å². The minimum absolute atomic E-state index is 0.0446. The van der Waals surface area contributed by atoms with Gasteiger partial charge in [-0.2, -0.15) is 0 Å². The highest BCUT2D eigenvalue weighted by molar-refractivity contribution is 8.00. The molecule has 1 unspecified atom stereocenters. The Balaban J connectivity index is 1.85. The van der Waals surface area contributed by atoms with Crippen LogP contribution >= 0.6 is 23.1 Å². The van der Waals surface area contributed by atoms with Gasteiger partial charge in [0.15, 0.2) is 10.9 Å². The monoisotopic (exact) mass is 358 g/mol. The quantitative estimate of drug-likeness (QED) is 0.394. The van der Waals surface area contributed by atoms with Crippen molar-refractivity contribution in [1.29, 1.82) is 0 Å². The second-order valence-corrected chi connectivity index (χ2v) is 7.78. The van der Waals surface area contributed by atoms with E-state index in [9.17, 15) is 9.59 Å². The first-order valence-corrected chi connectivity index (χ1v) is 9.51.